The maximum atomic E-state index is 14.0. The van der Waals surface area contributed by atoms with Crippen molar-refractivity contribution >= 4 is 28.5 Å². The Labute approximate surface area is 254 Å². The molecule has 0 radical (unpaired) electrons. The number of carbonyl (C=O) groups excluding carboxylic acids is 2. The lowest BCUT2D eigenvalue weighted by Gasteiger charge is -2.38. The van der Waals surface area contributed by atoms with Crippen molar-refractivity contribution in [3.8, 4) is 0 Å². The Hall–Kier alpha value is -4.17. The molecule has 8 nitrogen and oxygen atoms in total. The quantitative estimate of drug-likeness (QED) is 0.283. The fraction of sp³-hybridized carbons (Fsp3) is 0.400. The van der Waals surface area contributed by atoms with Crippen LogP contribution in [0.15, 0.2) is 72.8 Å². The number of para-hydroxylation sites is 2. The Morgan fingerprint density at radius 2 is 1.70 bits per heavy atom. The number of hydrogen-bond donors (Lipinski definition) is 1. The molecule has 1 N–H and O–H groups in total. The first-order valence-corrected chi connectivity index (χ1v) is 15.5. The second-order valence-corrected chi connectivity index (χ2v) is 12.0. The van der Waals surface area contributed by atoms with E-state index in [2.05, 4.69) is 47.2 Å². The average Bonchev–Trinajstić information content (AvgIpc) is 3.41. The number of benzene rings is 3. The number of nitrogens with zero attached hydrogens (tertiary/aromatic N) is 5. The second-order valence-electron chi connectivity index (χ2n) is 12.0. The first-order chi connectivity index (χ1) is 20.9. The first kappa shape index (κ1) is 28.9. The van der Waals surface area contributed by atoms with Gasteiger partial charge in [-0.25, -0.2) is 4.98 Å². The summed E-state index contributed by atoms with van der Waals surface area (Å²) in [6, 6.07) is 23.7. The van der Waals surface area contributed by atoms with Gasteiger partial charge in [0.15, 0.2) is 0 Å². The monoisotopic (exact) mass is 578 g/mol. The maximum Gasteiger partial charge on any atom is 0.247 e. The minimum absolute atomic E-state index is 0.0381. The number of amides is 2. The summed E-state index contributed by atoms with van der Waals surface area (Å²) < 4.78 is 2.00. The van der Waals surface area contributed by atoms with E-state index < -0.39 is 6.04 Å². The fourth-order valence-corrected chi connectivity index (χ4v) is 6.54. The van der Waals surface area contributed by atoms with Crippen LogP contribution in [0.2, 0.25) is 0 Å². The highest BCUT2D eigenvalue weighted by atomic mass is 16.2. The molecule has 0 saturated carbocycles. The van der Waals surface area contributed by atoms with Crippen molar-refractivity contribution in [2.24, 2.45) is 0 Å². The van der Waals surface area contributed by atoms with Gasteiger partial charge in [-0.3, -0.25) is 14.5 Å². The third kappa shape index (κ3) is 6.15. The summed E-state index contributed by atoms with van der Waals surface area (Å²) in [5, 5.41) is 3.10. The smallest absolute Gasteiger partial charge is 0.247 e. The van der Waals surface area contributed by atoms with Gasteiger partial charge in [-0.1, -0.05) is 54.6 Å². The predicted molar refractivity (Wildman–Crippen MR) is 171 cm³/mol. The third-order valence-corrected chi connectivity index (χ3v) is 8.97. The molecular weight excluding hydrogens is 536 g/mol. The van der Waals surface area contributed by atoms with E-state index in [1.54, 1.807) is 0 Å². The van der Waals surface area contributed by atoms with E-state index in [0.29, 0.717) is 13.1 Å². The highest BCUT2D eigenvalue weighted by molar-refractivity contribution is 5.90. The number of hydrogen-bond acceptors (Lipinski definition) is 5. The molecule has 4 aromatic rings. The summed E-state index contributed by atoms with van der Waals surface area (Å²) in [6.07, 6.45) is 0.975. The van der Waals surface area contributed by atoms with Crippen LogP contribution in [0.25, 0.3) is 11.0 Å². The van der Waals surface area contributed by atoms with Crippen LogP contribution in [0.1, 0.15) is 54.4 Å². The Balaban J connectivity index is 1.06. The van der Waals surface area contributed by atoms with E-state index in [1.165, 1.54) is 16.8 Å². The Kier molecular flexibility index (Phi) is 8.47. The number of imidazole rings is 1. The van der Waals surface area contributed by atoms with Crippen molar-refractivity contribution in [2.75, 3.05) is 44.2 Å². The molecule has 2 atom stereocenters. The average molecular weight is 579 g/mol. The molecule has 0 aliphatic carbocycles. The standard InChI is InChI=1S/C35H42N6O2/c1-25-14-15-26(2)31(22-25)39-20-18-38(19-21-39)17-9-16-36-33(42)23-32-35(43)40(24-28-10-5-4-6-11-28)27(3)34-37-29-12-7-8-13-30(29)41(32)34/h4-8,10-15,22,27,32H,9,16-21,23-24H2,1-3H3,(H,36,42)/t27-,32-/m0/s1. The van der Waals surface area contributed by atoms with Crippen LogP contribution < -0.4 is 10.2 Å². The summed E-state index contributed by atoms with van der Waals surface area (Å²) in [5.74, 6) is 0.689. The van der Waals surface area contributed by atoms with Crippen LogP contribution in [-0.2, 0) is 16.1 Å². The SMILES string of the molecule is Cc1ccc(C)c(N2CCN(CCCNC(=O)C[C@H]3C(=O)N(Cc4ccccc4)[C@@H](C)c4nc5ccccc5n43)CC2)c1. The molecule has 3 heterocycles. The van der Waals surface area contributed by atoms with Crippen molar-refractivity contribution in [3.63, 3.8) is 0 Å². The van der Waals surface area contributed by atoms with E-state index in [4.69, 9.17) is 4.98 Å². The molecule has 224 valence electrons. The summed E-state index contributed by atoms with van der Waals surface area (Å²) in [7, 11) is 0. The molecule has 2 amide bonds. The topological polar surface area (TPSA) is 73.7 Å². The van der Waals surface area contributed by atoms with E-state index >= 15 is 0 Å². The largest absolute Gasteiger partial charge is 0.369 e. The van der Waals surface area contributed by atoms with Crippen LogP contribution in [-0.4, -0.2) is 70.4 Å². The minimum atomic E-state index is -0.625. The van der Waals surface area contributed by atoms with E-state index in [1.807, 2.05) is 71.0 Å². The van der Waals surface area contributed by atoms with Crippen LogP contribution in [0.5, 0.6) is 0 Å². The fourth-order valence-electron chi connectivity index (χ4n) is 6.54. The van der Waals surface area contributed by atoms with Gasteiger partial charge in [0.1, 0.15) is 11.9 Å². The molecular formula is C35H42N6O2. The van der Waals surface area contributed by atoms with E-state index in [0.717, 1.165) is 61.6 Å². The number of piperazine rings is 1. The lowest BCUT2D eigenvalue weighted by molar-refractivity contribution is -0.142. The van der Waals surface area contributed by atoms with Crippen molar-refractivity contribution in [1.29, 1.82) is 0 Å². The normalized spacial score (nSPS) is 19.1. The lowest BCUT2D eigenvalue weighted by atomic mass is 10.0. The van der Waals surface area contributed by atoms with Gasteiger partial charge in [-0.15, -0.1) is 0 Å². The van der Waals surface area contributed by atoms with Gasteiger partial charge in [0.25, 0.3) is 0 Å². The number of rotatable bonds is 9. The number of aryl methyl sites for hydroxylation is 2. The lowest BCUT2D eigenvalue weighted by Crippen LogP contribution is -2.47. The molecule has 2 aliphatic rings. The maximum absolute atomic E-state index is 14.0. The zero-order chi connectivity index (χ0) is 29.9. The molecule has 3 aromatic carbocycles. The summed E-state index contributed by atoms with van der Waals surface area (Å²) in [4.78, 5) is 39.0. The third-order valence-electron chi connectivity index (χ3n) is 8.97. The first-order valence-electron chi connectivity index (χ1n) is 15.5. The second kappa shape index (κ2) is 12.6. The minimum Gasteiger partial charge on any atom is -0.369 e. The van der Waals surface area contributed by atoms with Gasteiger partial charge in [0.2, 0.25) is 11.8 Å². The molecule has 1 aromatic heterocycles. The molecule has 0 spiro atoms. The van der Waals surface area contributed by atoms with Crippen molar-refractivity contribution in [3.05, 3.63) is 95.3 Å². The Morgan fingerprint density at radius 3 is 2.49 bits per heavy atom. The number of fused-ring (bicyclic) bond motifs is 3. The Morgan fingerprint density at radius 1 is 0.953 bits per heavy atom. The van der Waals surface area contributed by atoms with Gasteiger partial charge in [0, 0.05) is 45.0 Å². The number of anilines is 1. The van der Waals surface area contributed by atoms with Crippen LogP contribution in [0.4, 0.5) is 5.69 Å². The number of aromatic nitrogens is 2. The molecule has 0 unspecified atom stereocenters. The summed E-state index contributed by atoms with van der Waals surface area (Å²) in [6.45, 7) is 12.4. The predicted octanol–water partition coefficient (Wildman–Crippen LogP) is 5.02. The van der Waals surface area contributed by atoms with Crippen molar-refractivity contribution in [1.82, 2.24) is 24.7 Å². The zero-order valence-electron chi connectivity index (χ0n) is 25.5. The van der Waals surface area contributed by atoms with Crippen LogP contribution in [0, 0.1) is 13.8 Å². The van der Waals surface area contributed by atoms with Crippen LogP contribution >= 0.6 is 0 Å². The summed E-state index contributed by atoms with van der Waals surface area (Å²) >= 11 is 0. The van der Waals surface area contributed by atoms with E-state index in [-0.39, 0.29) is 24.3 Å². The molecule has 8 heteroatoms. The summed E-state index contributed by atoms with van der Waals surface area (Å²) in [5.41, 5.74) is 6.77. The highest BCUT2D eigenvalue weighted by Crippen LogP contribution is 2.37. The Bertz CT molecular complexity index is 1590. The van der Waals surface area contributed by atoms with Gasteiger partial charge in [-0.05, 0) is 68.6 Å². The van der Waals surface area contributed by atoms with Crippen molar-refractivity contribution in [2.45, 2.75) is 52.2 Å². The van der Waals surface area contributed by atoms with Crippen LogP contribution in [0.3, 0.4) is 0 Å². The van der Waals surface area contributed by atoms with Gasteiger partial charge < -0.3 is 19.7 Å². The van der Waals surface area contributed by atoms with Gasteiger partial charge in [0.05, 0.1) is 23.5 Å². The molecule has 43 heavy (non-hydrogen) atoms. The molecule has 1 saturated heterocycles. The molecule has 1 fully saturated rings. The van der Waals surface area contributed by atoms with Gasteiger partial charge in [-0.2, -0.15) is 0 Å². The van der Waals surface area contributed by atoms with E-state index in [9.17, 15) is 9.59 Å². The number of carbonyl (C=O) groups is 2. The number of nitrogens with one attached hydrogen (secondary N) is 1. The van der Waals surface area contributed by atoms with Crippen molar-refractivity contribution < 1.29 is 9.59 Å². The molecule has 2 aliphatic heterocycles. The molecule has 0 bridgehead atoms. The highest BCUT2D eigenvalue weighted by Gasteiger charge is 2.40. The van der Waals surface area contributed by atoms with Gasteiger partial charge >= 0.3 is 0 Å². The molecule has 6 rings (SSSR count). The zero-order valence-corrected chi connectivity index (χ0v) is 25.5.